The van der Waals surface area contributed by atoms with E-state index in [0.29, 0.717) is 10.7 Å². The van der Waals surface area contributed by atoms with Crippen LogP contribution in [0.2, 0.25) is 5.02 Å². The molecule has 2 rings (SSSR count). The maximum absolute atomic E-state index is 12.1. The number of sulfonamides is 1. The Morgan fingerprint density at radius 3 is 2.29 bits per heavy atom. The summed E-state index contributed by atoms with van der Waals surface area (Å²) in [4.78, 5) is 12.1. The molecule has 8 heteroatoms. The number of halogens is 1. The van der Waals surface area contributed by atoms with Crippen LogP contribution in [0.3, 0.4) is 0 Å². The van der Waals surface area contributed by atoms with E-state index in [1.807, 2.05) is 0 Å². The van der Waals surface area contributed by atoms with Crippen LogP contribution in [0.15, 0.2) is 29.4 Å². The molecule has 1 N–H and O–H groups in total. The summed E-state index contributed by atoms with van der Waals surface area (Å²) in [5, 5.41) is 4.66. The van der Waals surface area contributed by atoms with Crippen molar-refractivity contribution in [3.8, 4) is 0 Å². The molecule has 24 heavy (non-hydrogen) atoms. The lowest BCUT2D eigenvalue weighted by atomic mass is 10.2. The number of carbonyl (C=O) groups excluding carboxylic acids is 1. The van der Waals surface area contributed by atoms with Crippen LogP contribution >= 0.6 is 11.6 Å². The Kier molecular flexibility index (Phi) is 6.62. The number of carbonyl (C=O) groups is 1. The number of nitrogens with one attached hydrogen (secondary N) is 1. The van der Waals surface area contributed by atoms with Gasteiger partial charge in [-0.15, -0.1) is 0 Å². The second-order valence-corrected chi connectivity index (χ2v) is 8.22. The molecule has 0 aliphatic heterocycles. The molecule has 1 amide bonds. The molecule has 0 saturated heterocycles. The molecular formula is C16H22ClN3O3S. The highest BCUT2D eigenvalue weighted by Gasteiger charge is 2.20. The van der Waals surface area contributed by atoms with Gasteiger partial charge in [0.25, 0.3) is 5.91 Å². The predicted molar refractivity (Wildman–Crippen MR) is 96.9 cm³/mol. The molecule has 0 unspecified atom stereocenters. The minimum absolute atomic E-state index is 0.322. The van der Waals surface area contributed by atoms with Crippen molar-refractivity contribution >= 4 is 38.9 Å². The maximum Gasteiger partial charge on any atom is 0.260 e. The van der Waals surface area contributed by atoms with Gasteiger partial charge in [-0.2, -0.15) is 5.10 Å². The summed E-state index contributed by atoms with van der Waals surface area (Å²) in [5.41, 5.74) is 3.84. The van der Waals surface area contributed by atoms with Gasteiger partial charge in [0.2, 0.25) is 10.0 Å². The number of hydrogen-bond acceptors (Lipinski definition) is 4. The van der Waals surface area contributed by atoms with Crippen LogP contribution in [0.1, 0.15) is 38.5 Å². The quantitative estimate of drug-likeness (QED) is 0.638. The highest BCUT2D eigenvalue weighted by Crippen LogP contribution is 2.20. The number of amides is 1. The van der Waals surface area contributed by atoms with Crippen LogP contribution in [-0.2, 0) is 14.8 Å². The minimum atomic E-state index is -3.59. The van der Waals surface area contributed by atoms with Crippen molar-refractivity contribution in [3.63, 3.8) is 0 Å². The first-order valence-corrected chi connectivity index (χ1v) is 10.2. The van der Waals surface area contributed by atoms with Crippen LogP contribution in [0.4, 0.5) is 5.69 Å². The molecule has 132 valence electrons. The molecule has 1 aliphatic rings. The number of nitrogens with zero attached hydrogens (tertiary/aromatic N) is 2. The number of rotatable bonds is 5. The standard InChI is InChI=1S/C16H22ClN3O3S/c1-24(22,23)20(15-10-8-13(17)9-11-15)12-16(21)19-18-14-6-4-2-3-5-7-14/h8-11H,2-7,12H2,1H3,(H,19,21). The average molecular weight is 372 g/mol. The molecule has 0 aromatic heterocycles. The summed E-state index contributed by atoms with van der Waals surface area (Å²) in [7, 11) is -3.59. The Bertz CT molecular complexity index is 692. The Balaban J connectivity index is 2.05. The zero-order chi connectivity index (χ0) is 17.6. The first-order chi connectivity index (χ1) is 11.4. The highest BCUT2D eigenvalue weighted by molar-refractivity contribution is 7.92. The van der Waals surface area contributed by atoms with Gasteiger partial charge in [-0.05, 0) is 49.9 Å². The van der Waals surface area contributed by atoms with Gasteiger partial charge >= 0.3 is 0 Å². The second kappa shape index (κ2) is 8.48. The molecule has 0 spiro atoms. The van der Waals surface area contributed by atoms with Gasteiger partial charge in [-0.3, -0.25) is 9.10 Å². The van der Waals surface area contributed by atoms with E-state index < -0.39 is 15.9 Å². The lowest BCUT2D eigenvalue weighted by Crippen LogP contribution is -2.39. The summed E-state index contributed by atoms with van der Waals surface area (Å²) < 4.78 is 25.0. The topological polar surface area (TPSA) is 78.8 Å². The molecule has 1 aliphatic carbocycles. The van der Waals surface area contributed by atoms with Crippen molar-refractivity contribution in [3.05, 3.63) is 29.3 Å². The van der Waals surface area contributed by atoms with Gasteiger partial charge in [0.1, 0.15) is 6.54 Å². The molecule has 1 saturated carbocycles. The van der Waals surface area contributed by atoms with Crippen LogP contribution in [0.5, 0.6) is 0 Å². The Morgan fingerprint density at radius 2 is 1.75 bits per heavy atom. The fourth-order valence-electron chi connectivity index (χ4n) is 2.56. The van der Waals surface area contributed by atoms with E-state index in [1.165, 1.54) is 12.8 Å². The number of hydrazone groups is 1. The van der Waals surface area contributed by atoms with E-state index in [1.54, 1.807) is 24.3 Å². The second-order valence-electron chi connectivity index (χ2n) is 5.87. The van der Waals surface area contributed by atoms with Crippen molar-refractivity contribution in [2.45, 2.75) is 38.5 Å². The van der Waals surface area contributed by atoms with E-state index in [-0.39, 0.29) is 6.54 Å². The van der Waals surface area contributed by atoms with Crippen LogP contribution < -0.4 is 9.73 Å². The molecule has 0 heterocycles. The van der Waals surface area contributed by atoms with E-state index >= 15 is 0 Å². The van der Waals surface area contributed by atoms with Crippen molar-refractivity contribution in [2.24, 2.45) is 5.10 Å². The summed E-state index contributed by atoms with van der Waals surface area (Å²) in [6, 6.07) is 6.29. The summed E-state index contributed by atoms with van der Waals surface area (Å²) >= 11 is 5.82. The van der Waals surface area contributed by atoms with Crippen molar-refractivity contribution in [1.82, 2.24) is 5.43 Å². The van der Waals surface area contributed by atoms with Crippen molar-refractivity contribution in [1.29, 1.82) is 0 Å². The summed E-state index contributed by atoms with van der Waals surface area (Å²) in [6.45, 7) is -0.322. The zero-order valence-corrected chi connectivity index (χ0v) is 15.2. The molecule has 0 bridgehead atoms. The third-order valence-corrected chi connectivity index (χ3v) is 5.21. The number of anilines is 1. The Morgan fingerprint density at radius 1 is 1.17 bits per heavy atom. The van der Waals surface area contributed by atoms with Gasteiger partial charge in [0, 0.05) is 10.7 Å². The monoisotopic (exact) mass is 371 g/mol. The first-order valence-electron chi connectivity index (χ1n) is 7.94. The van der Waals surface area contributed by atoms with E-state index in [4.69, 9.17) is 11.6 Å². The Labute approximate surface area is 147 Å². The third kappa shape index (κ3) is 5.79. The smallest absolute Gasteiger partial charge is 0.260 e. The predicted octanol–water partition coefficient (Wildman–Crippen LogP) is 2.93. The first kappa shape index (κ1) is 18.7. The Hall–Kier alpha value is -1.60. The van der Waals surface area contributed by atoms with Crippen molar-refractivity contribution < 1.29 is 13.2 Å². The summed E-state index contributed by atoms with van der Waals surface area (Å²) in [6.07, 6.45) is 7.35. The molecule has 6 nitrogen and oxygen atoms in total. The van der Waals surface area contributed by atoms with E-state index in [2.05, 4.69) is 10.5 Å². The molecule has 0 radical (unpaired) electrons. The zero-order valence-electron chi connectivity index (χ0n) is 13.7. The number of benzene rings is 1. The van der Waals surface area contributed by atoms with Crippen molar-refractivity contribution in [2.75, 3.05) is 17.1 Å². The minimum Gasteiger partial charge on any atom is -0.271 e. The lowest BCUT2D eigenvalue weighted by Gasteiger charge is -2.21. The molecular weight excluding hydrogens is 350 g/mol. The maximum atomic E-state index is 12.1. The largest absolute Gasteiger partial charge is 0.271 e. The average Bonchev–Trinajstić information content (AvgIpc) is 2.79. The fourth-order valence-corrected chi connectivity index (χ4v) is 3.55. The van der Waals surface area contributed by atoms with Gasteiger partial charge in [0.15, 0.2) is 0 Å². The van der Waals surface area contributed by atoms with E-state index in [0.717, 1.165) is 42.0 Å². The van der Waals surface area contributed by atoms with Gasteiger partial charge in [0.05, 0.1) is 11.9 Å². The summed E-state index contributed by atoms with van der Waals surface area (Å²) in [5.74, 6) is -0.466. The molecule has 1 aromatic rings. The normalized spacial score (nSPS) is 15.5. The lowest BCUT2D eigenvalue weighted by molar-refractivity contribution is -0.119. The fraction of sp³-hybridized carbons (Fsp3) is 0.500. The highest BCUT2D eigenvalue weighted by atomic mass is 35.5. The molecule has 1 fully saturated rings. The molecule has 1 aromatic carbocycles. The van der Waals surface area contributed by atoms with Crippen LogP contribution in [0.25, 0.3) is 0 Å². The van der Waals surface area contributed by atoms with Crippen LogP contribution in [-0.4, -0.2) is 32.8 Å². The van der Waals surface area contributed by atoms with Crippen LogP contribution in [0, 0.1) is 0 Å². The van der Waals surface area contributed by atoms with Gasteiger partial charge < -0.3 is 0 Å². The third-order valence-electron chi connectivity index (χ3n) is 3.82. The number of hydrogen-bond donors (Lipinski definition) is 1. The van der Waals surface area contributed by atoms with E-state index in [9.17, 15) is 13.2 Å². The van der Waals surface area contributed by atoms with Gasteiger partial charge in [-0.1, -0.05) is 24.4 Å². The van der Waals surface area contributed by atoms with Gasteiger partial charge in [-0.25, -0.2) is 13.8 Å². The molecule has 0 atom stereocenters. The SMILES string of the molecule is CS(=O)(=O)N(CC(=O)NN=C1CCCCCC1)c1ccc(Cl)cc1.